The summed E-state index contributed by atoms with van der Waals surface area (Å²) in [7, 11) is 0. The summed E-state index contributed by atoms with van der Waals surface area (Å²) in [6.45, 7) is 4.96. The van der Waals surface area contributed by atoms with Crippen LogP contribution in [0.25, 0.3) is 0 Å². The molecule has 2 heterocycles. The fourth-order valence-corrected chi connectivity index (χ4v) is 3.66. The number of piperidine rings is 1. The van der Waals surface area contributed by atoms with Crippen molar-refractivity contribution in [1.29, 1.82) is 0 Å². The van der Waals surface area contributed by atoms with E-state index in [0.717, 1.165) is 24.1 Å². The zero-order valence-electron chi connectivity index (χ0n) is 12.5. The van der Waals surface area contributed by atoms with Crippen LogP contribution in [0.3, 0.4) is 0 Å². The van der Waals surface area contributed by atoms with E-state index in [-0.39, 0.29) is 11.9 Å². The molecule has 2 amide bonds. The Bertz CT molecular complexity index is 515. The van der Waals surface area contributed by atoms with Gasteiger partial charge in [-0.15, -0.1) is 11.3 Å². The highest BCUT2D eigenvalue weighted by Crippen LogP contribution is 2.24. The van der Waals surface area contributed by atoms with Gasteiger partial charge in [-0.05, 0) is 37.3 Å². The van der Waals surface area contributed by atoms with E-state index < -0.39 is 12.0 Å². The summed E-state index contributed by atoms with van der Waals surface area (Å²) in [5.74, 6) is -0.919. The van der Waals surface area contributed by atoms with Gasteiger partial charge in [-0.2, -0.15) is 0 Å². The quantitative estimate of drug-likeness (QED) is 0.898. The number of hydrogen-bond acceptors (Lipinski definition) is 3. The number of carboxylic acids is 1. The molecule has 1 saturated heterocycles. The Labute approximate surface area is 129 Å². The molecule has 2 rings (SSSR count). The maximum atomic E-state index is 12.3. The van der Waals surface area contributed by atoms with Crippen molar-refractivity contribution in [3.8, 4) is 0 Å². The lowest BCUT2D eigenvalue weighted by Gasteiger charge is -2.37. The zero-order valence-corrected chi connectivity index (χ0v) is 13.3. The number of rotatable bonds is 4. The molecule has 6 heteroatoms. The lowest BCUT2D eigenvalue weighted by atomic mass is 9.91. The minimum Gasteiger partial charge on any atom is -0.480 e. The van der Waals surface area contributed by atoms with E-state index in [9.17, 15) is 14.7 Å². The van der Waals surface area contributed by atoms with E-state index in [1.54, 1.807) is 11.3 Å². The van der Waals surface area contributed by atoms with Gasteiger partial charge in [0.05, 0.1) is 6.54 Å². The number of likely N-dealkylation sites (tertiary alicyclic amines) is 1. The van der Waals surface area contributed by atoms with Crippen molar-refractivity contribution in [1.82, 2.24) is 10.2 Å². The molecule has 5 nitrogen and oxygen atoms in total. The molecule has 0 saturated carbocycles. The molecule has 1 fully saturated rings. The Hall–Kier alpha value is -1.56. The fourth-order valence-electron chi connectivity index (χ4n) is 2.76. The van der Waals surface area contributed by atoms with E-state index >= 15 is 0 Å². The van der Waals surface area contributed by atoms with E-state index in [1.807, 2.05) is 13.0 Å². The lowest BCUT2D eigenvalue weighted by molar-refractivity contribution is -0.145. The monoisotopic (exact) mass is 310 g/mol. The van der Waals surface area contributed by atoms with Gasteiger partial charge >= 0.3 is 12.0 Å². The number of aryl methyl sites for hydroxylation is 1. The number of nitrogens with one attached hydrogen (secondary N) is 1. The van der Waals surface area contributed by atoms with E-state index in [1.165, 1.54) is 9.78 Å². The van der Waals surface area contributed by atoms with Crippen LogP contribution in [0.15, 0.2) is 12.1 Å². The number of thiophene rings is 1. The molecule has 1 aliphatic rings. The van der Waals surface area contributed by atoms with Crippen LogP contribution in [0.1, 0.15) is 36.4 Å². The summed E-state index contributed by atoms with van der Waals surface area (Å²) in [5, 5.41) is 12.2. The minimum atomic E-state index is -0.915. The first-order valence-corrected chi connectivity index (χ1v) is 8.19. The van der Waals surface area contributed by atoms with Crippen LogP contribution in [-0.2, 0) is 17.8 Å². The second kappa shape index (κ2) is 6.93. The highest BCUT2D eigenvalue weighted by atomic mass is 32.1. The Morgan fingerprint density at radius 2 is 2.14 bits per heavy atom. The fraction of sp³-hybridized carbons (Fsp3) is 0.600. The molecule has 2 atom stereocenters. The van der Waals surface area contributed by atoms with Crippen LogP contribution >= 0.6 is 11.3 Å². The molecular weight excluding hydrogens is 288 g/mol. The van der Waals surface area contributed by atoms with Crippen molar-refractivity contribution in [2.75, 3.05) is 6.54 Å². The van der Waals surface area contributed by atoms with Gasteiger partial charge in [0.15, 0.2) is 0 Å². The summed E-state index contributed by atoms with van der Waals surface area (Å²) < 4.78 is 0. The average Bonchev–Trinajstić information content (AvgIpc) is 2.92. The molecule has 21 heavy (non-hydrogen) atoms. The van der Waals surface area contributed by atoms with Gasteiger partial charge in [0.25, 0.3) is 0 Å². The maximum absolute atomic E-state index is 12.3. The molecule has 1 aromatic heterocycles. The Morgan fingerprint density at radius 3 is 2.76 bits per heavy atom. The third-order valence-electron chi connectivity index (χ3n) is 3.93. The molecule has 2 unspecified atom stereocenters. The number of carbonyl (C=O) groups excluding carboxylic acids is 1. The third-order valence-corrected chi connectivity index (χ3v) is 5.16. The Morgan fingerprint density at radius 1 is 1.43 bits per heavy atom. The van der Waals surface area contributed by atoms with Crippen molar-refractivity contribution >= 4 is 23.3 Å². The molecular formula is C15H22N2O3S. The van der Waals surface area contributed by atoms with E-state index in [2.05, 4.69) is 18.3 Å². The minimum absolute atomic E-state index is 0.00423. The lowest BCUT2D eigenvalue weighted by Crippen LogP contribution is -2.54. The van der Waals surface area contributed by atoms with Crippen LogP contribution in [-0.4, -0.2) is 34.6 Å². The van der Waals surface area contributed by atoms with Crippen LogP contribution in [0, 0.1) is 5.92 Å². The summed E-state index contributed by atoms with van der Waals surface area (Å²) >= 11 is 1.68. The number of carboxylic acid groups (broad SMARTS) is 1. The van der Waals surface area contributed by atoms with Crippen molar-refractivity contribution in [3.05, 3.63) is 21.9 Å². The van der Waals surface area contributed by atoms with E-state index in [4.69, 9.17) is 0 Å². The first-order chi connectivity index (χ1) is 10.0. The average molecular weight is 310 g/mol. The number of amides is 2. The molecule has 0 aromatic carbocycles. The molecule has 0 bridgehead atoms. The first kappa shape index (κ1) is 15.8. The van der Waals surface area contributed by atoms with Gasteiger partial charge in [0.1, 0.15) is 6.04 Å². The highest BCUT2D eigenvalue weighted by Gasteiger charge is 2.36. The second-order valence-corrected chi connectivity index (χ2v) is 6.73. The largest absolute Gasteiger partial charge is 0.480 e. The molecule has 0 spiro atoms. The van der Waals surface area contributed by atoms with Crippen molar-refractivity contribution < 1.29 is 14.7 Å². The SMILES string of the molecule is CCc1ccc(CNC(=O)N2CCCC(C)C2C(=O)O)s1. The predicted octanol–water partition coefficient (Wildman–Crippen LogP) is 2.71. The summed E-state index contributed by atoms with van der Waals surface area (Å²) in [6, 6.07) is 3.08. The van der Waals surface area contributed by atoms with Crippen molar-refractivity contribution in [3.63, 3.8) is 0 Å². The molecule has 1 aromatic rings. The number of urea groups is 1. The van der Waals surface area contributed by atoms with Crippen molar-refractivity contribution in [2.45, 2.75) is 45.7 Å². The van der Waals surface area contributed by atoms with Crippen molar-refractivity contribution in [2.24, 2.45) is 5.92 Å². The molecule has 2 N–H and O–H groups in total. The van der Waals surface area contributed by atoms with Gasteiger partial charge in [-0.1, -0.05) is 13.8 Å². The van der Waals surface area contributed by atoms with Crippen LogP contribution in [0.5, 0.6) is 0 Å². The summed E-state index contributed by atoms with van der Waals surface area (Å²) in [4.78, 5) is 27.5. The van der Waals surface area contributed by atoms with Gasteiger partial charge in [0, 0.05) is 16.3 Å². The molecule has 116 valence electrons. The zero-order chi connectivity index (χ0) is 15.4. The topological polar surface area (TPSA) is 69.6 Å². The Balaban J connectivity index is 1.96. The highest BCUT2D eigenvalue weighted by molar-refractivity contribution is 7.11. The predicted molar refractivity (Wildman–Crippen MR) is 82.5 cm³/mol. The normalized spacial score (nSPS) is 22.1. The molecule has 1 aliphatic heterocycles. The van der Waals surface area contributed by atoms with E-state index in [0.29, 0.717) is 13.1 Å². The summed E-state index contributed by atoms with van der Waals surface area (Å²) in [5.41, 5.74) is 0. The van der Waals surface area contributed by atoms with Crippen LogP contribution < -0.4 is 5.32 Å². The van der Waals surface area contributed by atoms with Gasteiger partial charge in [-0.25, -0.2) is 9.59 Å². The van der Waals surface area contributed by atoms with Gasteiger partial charge in [-0.3, -0.25) is 0 Å². The smallest absolute Gasteiger partial charge is 0.326 e. The van der Waals surface area contributed by atoms with Gasteiger partial charge in [0.2, 0.25) is 0 Å². The first-order valence-electron chi connectivity index (χ1n) is 7.37. The molecule has 0 radical (unpaired) electrons. The maximum Gasteiger partial charge on any atom is 0.326 e. The second-order valence-electron chi connectivity index (χ2n) is 5.48. The van der Waals surface area contributed by atoms with Crippen LogP contribution in [0.2, 0.25) is 0 Å². The third kappa shape index (κ3) is 3.75. The van der Waals surface area contributed by atoms with Crippen LogP contribution in [0.4, 0.5) is 4.79 Å². The number of hydrogen-bond donors (Lipinski definition) is 2. The number of nitrogens with zero attached hydrogens (tertiary/aromatic N) is 1. The standard InChI is InChI=1S/C15H22N2O3S/c1-3-11-6-7-12(21-11)9-16-15(20)17-8-4-5-10(2)13(17)14(18)19/h6-7,10,13H,3-5,8-9H2,1-2H3,(H,16,20)(H,18,19). The summed E-state index contributed by atoms with van der Waals surface area (Å²) in [6.07, 6.45) is 2.70. The Kier molecular flexibility index (Phi) is 5.22. The number of aliphatic carboxylic acids is 1. The van der Waals surface area contributed by atoms with Gasteiger partial charge < -0.3 is 15.3 Å². The molecule has 0 aliphatic carbocycles. The number of carbonyl (C=O) groups is 2.